The van der Waals surface area contributed by atoms with Gasteiger partial charge < -0.3 is 16.4 Å². The van der Waals surface area contributed by atoms with Crippen LogP contribution >= 0.6 is 0 Å². The third kappa shape index (κ3) is 4.32. The Kier molecular flexibility index (Phi) is 5.23. The summed E-state index contributed by atoms with van der Waals surface area (Å²) in [5.41, 5.74) is 7.37. The topological polar surface area (TPSA) is 110 Å². The summed E-state index contributed by atoms with van der Waals surface area (Å²) < 4.78 is 0. The van der Waals surface area contributed by atoms with Gasteiger partial charge >= 0.3 is 0 Å². The molecule has 0 bridgehead atoms. The summed E-state index contributed by atoms with van der Waals surface area (Å²) in [5, 5.41) is 5.72. The van der Waals surface area contributed by atoms with Crippen molar-refractivity contribution in [2.75, 3.05) is 11.1 Å². The molecule has 0 spiro atoms. The van der Waals surface area contributed by atoms with Gasteiger partial charge in [-0.05, 0) is 30.5 Å². The molecule has 1 fully saturated rings. The first-order valence-corrected chi connectivity index (χ1v) is 8.38. The molecule has 0 saturated heterocycles. The molecule has 1 heterocycles. The van der Waals surface area contributed by atoms with Crippen LogP contribution in [0.15, 0.2) is 36.7 Å². The average molecular weight is 339 g/mol. The van der Waals surface area contributed by atoms with Gasteiger partial charge in [-0.1, -0.05) is 25.0 Å². The number of nitrogens with zero attached hydrogens (tertiary/aromatic N) is 2. The molecule has 1 aromatic carbocycles. The van der Waals surface area contributed by atoms with Crippen LogP contribution in [-0.4, -0.2) is 21.8 Å². The van der Waals surface area contributed by atoms with Gasteiger partial charge in [0.15, 0.2) is 11.5 Å². The number of nitrogens with one attached hydrogen (secondary N) is 2. The summed E-state index contributed by atoms with van der Waals surface area (Å²) in [6.45, 7) is 0.308. The lowest BCUT2D eigenvalue weighted by Crippen LogP contribution is -2.25. The summed E-state index contributed by atoms with van der Waals surface area (Å²) in [4.78, 5) is 32.1. The van der Waals surface area contributed by atoms with Crippen LogP contribution in [0.25, 0.3) is 0 Å². The van der Waals surface area contributed by atoms with Crippen molar-refractivity contribution >= 4 is 23.3 Å². The zero-order valence-electron chi connectivity index (χ0n) is 13.9. The Bertz CT molecular complexity index is 772. The van der Waals surface area contributed by atoms with Crippen LogP contribution in [0.1, 0.15) is 41.7 Å². The second kappa shape index (κ2) is 7.74. The fourth-order valence-electron chi connectivity index (χ4n) is 2.98. The van der Waals surface area contributed by atoms with E-state index in [-0.39, 0.29) is 29.2 Å². The SMILES string of the molecule is Nc1nccnc1C(=O)NCc1cccc(NC(=O)C2CCCC2)c1. The van der Waals surface area contributed by atoms with Gasteiger partial charge in [-0.15, -0.1) is 0 Å². The van der Waals surface area contributed by atoms with Crippen molar-refractivity contribution < 1.29 is 9.59 Å². The smallest absolute Gasteiger partial charge is 0.273 e. The number of carbonyl (C=O) groups excluding carboxylic acids is 2. The van der Waals surface area contributed by atoms with Gasteiger partial charge in [0.05, 0.1) is 0 Å². The van der Waals surface area contributed by atoms with Gasteiger partial charge in [-0.2, -0.15) is 0 Å². The second-order valence-electron chi connectivity index (χ2n) is 6.14. The lowest BCUT2D eigenvalue weighted by molar-refractivity contribution is -0.119. The van der Waals surface area contributed by atoms with Crippen LogP contribution in [0.4, 0.5) is 11.5 Å². The molecule has 1 aliphatic carbocycles. The molecule has 1 aliphatic rings. The van der Waals surface area contributed by atoms with Crippen molar-refractivity contribution in [1.82, 2.24) is 15.3 Å². The van der Waals surface area contributed by atoms with Crippen LogP contribution in [0.2, 0.25) is 0 Å². The number of anilines is 2. The highest BCUT2D eigenvalue weighted by Gasteiger charge is 2.22. The molecule has 130 valence electrons. The van der Waals surface area contributed by atoms with Crippen LogP contribution in [-0.2, 0) is 11.3 Å². The van der Waals surface area contributed by atoms with E-state index >= 15 is 0 Å². The number of hydrogen-bond acceptors (Lipinski definition) is 5. The summed E-state index contributed by atoms with van der Waals surface area (Å²) in [7, 11) is 0. The first-order chi connectivity index (χ1) is 12.1. The summed E-state index contributed by atoms with van der Waals surface area (Å²) in [6.07, 6.45) is 7.01. The number of aromatic nitrogens is 2. The van der Waals surface area contributed by atoms with Crippen molar-refractivity contribution in [3.05, 3.63) is 47.9 Å². The monoisotopic (exact) mass is 339 g/mol. The molecule has 1 saturated carbocycles. The zero-order chi connectivity index (χ0) is 17.6. The third-order valence-corrected chi connectivity index (χ3v) is 4.32. The number of benzene rings is 1. The first-order valence-electron chi connectivity index (χ1n) is 8.38. The number of amides is 2. The predicted octanol–water partition coefficient (Wildman–Crippen LogP) is 2.12. The minimum absolute atomic E-state index is 0.0750. The fraction of sp³-hybridized carbons (Fsp3) is 0.333. The van der Waals surface area contributed by atoms with Crippen LogP contribution in [0.5, 0.6) is 0 Å². The largest absolute Gasteiger partial charge is 0.382 e. The van der Waals surface area contributed by atoms with Gasteiger partial charge in [0, 0.05) is 30.5 Å². The molecule has 0 aliphatic heterocycles. The highest BCUT2D eigenvalue weighted by Crippen LogP contribution is 2.26. The molecule has 7 heteroatoms. The third-order valence-electron chi connectivity index (χ3n) is 4.32. The summed E-state index contributed by atoms with van der Waals surface area (Å²) in [5.74, 6) is -0.0995. The standard InChI is InChI=1S/C18H21N5O2/c19-16-15(20-8-9-21-16)18(25)22-11-12-4-3-7-14(10-12)23-17(24)13-5-1-2-6-13/h3-4,7-10,13H,1-2,5-6,11H2,(H2,19,21)(H,22,25)(H,23,24). The Balaban J connectivity index is 1.59. The molecular weight excluding hydrogens is 318 g/mol. The van der Waals surface area contributed by atoms with E-state index in [1.807, 2.05) is 24.3 Å². The Morgan fingerprint density at radius 3 is 2.68 bits per heavy atom. The van der Waals surface area contributed by atoms with E-state index in [2.05, 4.69) is 20.6 Å². The van der Waals surface area contributed by atoms with E-state index in [1.165, 1.54) is 12.4 Å². The number of carbonyl (C=O) groups is 2. The van der Waals surface area contributed by atoms with Crippen LogP contribution in [0.3, 0.4) is 0 Å². The molecule has 4 N–H and O–H groups in total. The fourth-order valence-corrected chi connectivity index (χ4v) is 2.98. The highest BCUT2D eigenvalue weighted by atomic mass is 16.2. The van der Waals surface area contributed by atoms with Crippen LogP contribution in [0, 0.1) is 5.92 Å². The van der Waals surface area contributed by atoms with E-state index in [0.29, 0.717) is 6.54 Å². The van der Waals surface area contributed by atoms with Gasteiger partial charge in [0.2, 0.25) is 5.91 Å². The molecule has 1 aromatic heterocycles. The minimum atomic E-state index is -0.383. The van der Waals surface area contributed by atoms with Gasteiger partial charge in [-0.3, -0.25) is 9.59 Å². The predicted molar refractivity (Wildman–Crippen MR) is 94.6 cm³/mol. The van der Waals surface area contributed by atoms with E-state index < -0.39 is 0 Å². The lowest BCUT2D eigenvalue weighted by Gasteiger charge is -2.12. The lowest BCUT2D eigenvalue weighted by atomic mass is 10.1. The van der Waals surface area contributed by atoms with Crippen molar-refractivity contribution in [2.45, 2.75) is 32.2 Å². The highest BCUT2D eigenvalue weighted by molar-refractivity contribution is 5.96. The zero-order valence-corrected chi connectivity index (χ0v) is 13.9. The molecule has 25 heavy (non-hydrogen) atoms. The maximum Gasteiger partial charge on any atom is 0.273 e. The van der Waals surface area contributed by atoms with E-state index in [1.54, 1.807) is 0 Å². The van der Waals surface area contributed by atoms with Gasteiger partial charge in [0.25, 0.3) is 5.91 Å². The Hall–Kier alpha value is -2.96. The number of rotatable bonds is 5. The molecule has 0 atom stereocenters. The van der Waals surface area contributed by atoms with E-state index in [9.17, 15) is 9.59 Å². The Morgan fingerprint density at radius 1 is 1.16 bits per heavy atom. The summed E-state index contributed by atoms with van der Waals surface area (Å²) in [6, 6.07) is 7.43. The molecule has 0 unspecified atom stereocenters. The van der Waals surface area contributed by atoms with Crippen molar-refractivity contribution in [3.8, 4) is 0 Å². The normalized spacial score (nSPS) is 14.2. The van der Waals surface area contributed by atoms with Crippen molar-refractivity contribution in [1.29, 1.82) is 0 Å². The van der Waals surface area contributed by atoms with Gasteiger partial charge in [-0.25, -0.2) is 9.97 Å². The molecule has 0 radical (unpaired) electrons. The minimum Gasteiger partial charge on any atom is -0.382 e. The quantitative estimate of drug-likeness (QED) is 0.773. The van der Waals surface area contributed by atoms with Gasteiger partial charge in [0.1, 0.15) is 0 Å². The molecule has 2 amide bonds. The average Bonchev–Trinajstić information content (AvgIpc) is 3.15. The number of nitrogen functional groups attached to an aromatic ring is 1. The maximum absolute atomic E-state index is 12.2. The Morgan fingerprint density at radius 2 is 1.92 bits per heavy atom. The second-order valence-corrected chi connectivity index (χ2v) is 6.14. The van der Waals surface area contributed by atoms with Crippen LogP contribution < -0.4 is 16.4 Å². The number of nitrogens with two attached hydrogens (primary N) is 1. The van der Waals surface area contributed by atoms with Crippen molar-refractivity contribution in [2.24, 2.45) is 5.92 Å². The van der Waals surface area contributed by atoms with Crippen molar-refractivity contribution in [3.63, 3.8) is 0 Å². The molecular formula is C18H21N5O2. The van der Waals surface area contributed by atoms with E-state index in [0.717, 1.165) is 36.9 Å². The molecule has 3 rings (SSSR count). The molecule has 7 nitrogen and oxygen atoms in total. The molecule has 2 aromatic rings. The number of hydrogen-bond donors (Lipinski definition) is 3. The van der Waals surface area contributed by atoms with E-state index in [4.69, 9.17) is 5.73 Å². The first kappa shape index (κ1) is 16.9. The summed E-state index contributed by atoms with van der Waals surface area (Å²) >= 11 is 0. The maximum atomic E-state index is 12.2. The Labute approximate surface area is 146 Å².